The van der Waals surface area contributed by atoms with Gasteiger partial charge in [-0.2, -0.15) is 0 Å². The fourth-order valence-corrected chi connectivity index (χ4v) is 6.78. The van der Waals surface area contributed by atoms with Crippen LogP contribution in [0.3, 0.4) is 0 Å². The summed E-state index contributed by atoms with van der Waals surface area (Å²) in [7, 11) is -3.16. The zero-order valence-electron chi connectivity index (χ0n) is 14.9. The second-order valence-electron chi connectivity index (χ2n) is 6.89. The molecule has 9 heteroatoms. The van der Waals surface area contributed by atoms with Crippen LogP contribution in [0, 0.1) is 6.92 Å². The van der Waals surface area contributed by atoms with Gasteiger partial charge in [-0.05, 0) is 43.7 Å². The van der Waals surface area contributed by atoms with E-state index >= 15 is 0 Å². The molecule has 0 aliphatic carbocycles. The minimum Gasteiger partial charge on any atom is -0.464 e. The molecule has 3 heterocycles. The molecule has 1 amide bonds. The topological polar surface area (TPSA) is 67.6 Å². The van der Waals surface area contributed by atoms with Crippen LogP contribution in [-0.2, 0) is 16.4 Å². The first kappa shape index (κ1) is 19.8. The summed E-state index contributed by atoms with van der Waals surface area (Å²) in [4.78, 5) is 15.4. The highest BCUT2D eigenvalue weighted by Crippen LogP contribution is 2.38. The van der Waals surface area contributed by atoms with E-state index in [1.165, 1.54) is 11.3 Å². The summed E-state index contributed by atoms with van der Waals surface area (Å²) in [5, 5.41) is 1.60. The van der Waals surface area contributed by atoms with Gasteiger partial charge in [0.25, 0.3) is 5.91 Å². The number of furan rings is 1. The maximum Gasteiger partial charge on any atom is 0.266 e. The van der Waals surface area contributed by atoms with Crippen molar-refractivity contribution >= 4 is 60.4 Å². The number of sulfone groups is 1. The van der Waals surface area contributed by atoms with Crippen molar-refractivity contribution in [3.8, 4) is 0 Å². The molecule has 0 saturated carbocycles. The molecule has 0 spiro atoms. The van der Waals surface area contributed by atoms with E-state index in [0.29, 0.717) is 27.1 Å². The van der Waals surface area contributed by atoms with Gasteiger partial charge in [-0.15, -0.1) is 11.3 Å². The summed E-state index contributed by atoms with van der Waals surface area (Å²) >= 11 is 13.8. The van der Waals surface area contributed by atoms with Gasteiger partial charge in [0.05, 0.1) is 23.1 Å². The third-order valence-corrected chi connectivity index (χ3v) is 8.46. The van der Waals surface area contributed by atoms with Crippen LogP contribution in [0.1, 0.15) is 27.6 Å². The number of rotatable bonds is 4. The van der Waals surface area contributed by atoms with Gasteiger partial charge in [-0.3, -0.25) is 4.79 Å². The third-order valence-electron chi connectivity index (χ3n) is 4.82. The molecule has 2 aromatic heterocycles. The highest BCUT2D eigenvalue weighted by Gasteiger charge is 2.36. The Labute approximate surface area is 176 Å². The van der Waals surface area contributed by atoms with E-state index in [4.69, 9.17) is 27.6 Å². The number of hydrogen-bond acceptors (Lipinski definition) is 5. The summed E-state index contributed by atoms with van der Waals surface area (Å²) < 4.78 is 30.5. The molecular formula is C19H17Cl2NO4S2. The number of thiophene rings is 1. The van der Waals surface area contributed by atoms with Crippen LogP contribution < -0.4 is 0 Å². The van der Waals surface area contributed by atoms with Crippen molar-refractivity contribution in [3.63, 3.8) is 0 Å². The van der Waals surface area contributed by atoms with Crippen molar-refractivity contribution in [2.75, 3.05) is 11.5 Å². The quantitative estimate of drug-likeness (QED) is 0.556. The number of hydrogen-bond donors (Lipinski definition) is 0. The van der Waals surface area contributed by atoms with Gasteiger partial charge in [0.15, 0.2) is 9.84 Å². The van der Waals surface area contributed by atoms with Crippen LogP contribution in [-0.4, -0.2) is 36.8 Å². The number of carbonyl (C=O) groups is 1. The molecule has 1 aromatic carbocycles. The van der Waals surface area contributed by atoms with Gasteiger partial charge in [0, 0.05) is 21.2 Å². The number of halogens is 2. The maximum atomic E-state index is 13.4. The molecule has 1 saturated heterocycles. The Bertz CT molecular complexity index is 1170. The Morgan fingerprint density at radius 2 is 2.07 bits per heavy atom. The summed E-state index contributed by atoms with van der Waals surface area (Å²) in [5.74, 6) is 1.08. The summed E-state index contributed by atoms with van der Waals surface area (Å²) in [5.41, 5.74) is 0. The molecule has 1 unspecified atom stereocenters. The SMILES string of the molecule is Cc1ccc(CN(C(=O)c2sc3ccc(Cl)cc3c2Cl)C2CCS(=O)(=O)C2)o1. The van der Waals surface area contributed by atoms with Gasteiger partial charge < -0.3 is 9.32 Å². The first-order valence-electron chi connectivity index (χ1n) is 8.68. The average Bonchev–Trinajstić information content (AvgIpc) is 3.30. The van der Waals surface area contributed by atoms with Gasteiger partial charge in [-0.1, -0.05) is 23.2 Å². The third kappa shape index (κ3) is 3.81. The van der Waals surface area contributed by atoms with Crippen molar-refractivity contribution in [3.05, 3.63) is 56.8 Å². The van der Waals surface area contributed by atoms with Gasteiger partial charge in [0.2, 0.25) is 0 Å². The Hall–Kier alpha value is -1.54. The number of amides is 1. The van der Waals surface area contributed by atoms with E-state index in [-0.39, 0.29) is 24.0 Å². The molecule has 5 nitrogen and oxygen atoms in total. The van der Waals surface area contributed by atoms with Crippen molar-refractivity contribution in [1.82, 2.24) is 4.90 Å². The van der Waals surface area contributed by atoms with Gasteiger partial charge in [-0.25, -0.2) is 8.42 Å². The van der Waals surface area contributed by atoms with Crippen molar-refractivity contribution < 1.29 is 17.6 Å². The number of benzene rings is 1. The number of nitrogens with zero attached hydrogens (tertiary/aromatic N) is 1. The van der Waals surface area contributed by atoms with E-state index in [0.717, 1.165) is 15.8 Å². The molecule has 4 rings (SSSR count). The largest absolute Gasteiger partial charge is 0.464 e. The van der Waals surface area contributed by atoms with Crippen molar-refractivity contribution in [2.24, 2.45) is 0 Å². The molecular weight excluding hydrogens is 441 g/mol. The average molecular weight is 458 g/mol. The number of aryl methyl sites for hydroxylation is 1. The van der Waals surface area contributed by atoms with E-state index in [2.05, 4.69) is 0 Å². The standard InChI is InChI=1S/C19H17Cl2NO4S2/c1-11-2-4-14(26-11)9-22(13-6-7-28(24,25)10-13)19(23)18-17(21)15-8-12(20)3-5-16(15)27-18/h2-5,8,13H,6-7,9-10H2,1H3. The normalized spacial score (nSPS) is 18.6. The fraction of sp³-hybridized carbons (Fsp3) is 0.316. The zero-order chi connectivity index (χ0) is 20.1. The molecule has 1 aliphatic heterocycles. The number of carbonyl (C=O) groups excluding carboxylic acids is 1. The lowest BCUT2D eigenvalue weighted by Gasteiger charge is -2.27. The van der Waals surface area contributed by atoms with E-state index in [1.807, 2.05) is 19.1 Å². The second-order valence-corrected chi connectivity index (χ2v) is 11.0. The van der Waals surface area contributed by atoms with E-state index in [9.17, 15) is 13.2 Å². The molecule has 0 radical (unpaired) electrons. The molecule has 3 aromatic rings. The van der Waals surface area contributed by atoms with Crippen LogP contribution in [0.4, 0.5) is 0 Å². The van der Waals surface area contributed by atoms with Crippen molar-refractivity contribution in [1.29, 1.82) is 0 Å². The maximum absolute atomic E-state index is 13.4. The molecule has 1 atom stereocenters. The van der Waals surface area contributed by atoms with Crippen LogP contribution in [0.25, 0.3) is 10.1 Å². The highest BCUT2D eigenvalue weighted by atomic mass is 35.5. The Morgan fingerprint density at radius 3 is 2.71 bits per heavy atom. The zero-order valence-corrected chi connectivity index (χ0v) is 18.1. The molecule has 0 N–H and O–H groups in total. The van der Waals surface area contributed by atoms with Crippen LogP contribution >= 0.6 is 34.5 Å². The molecule has 28 heavy (non-hydrogen) atoms. The molecule has 148 valence electrons. The van der Waals surface area contributed by atoms with E-state index < -0.39 is 15.9 Å². The summed E-state index contributed by atoms with van der Waals surface area (Å²) in [6.07, 6.45) is 0.405. The Balaban J connectivity index is 1.73. The van der Waals surface area contributed by atoms with Crippen molar-refractivity contribution in [2.45, 2.75) is 25.9 Å². The Morgan fingerprint density at radius 1 is 1.29 bits per heavy atom. The minimum atomic E-state index is -3.16. The second kappa shape index (κ2) is 7.37. The van der Waals surface area contributed by atoms with Gasteiger partial charge in [0.1, 0.15) is 16.4 Å². The number of fused-ring (bicyclic) bond motifs is 1. The monoisotopic (exact) mass is 457 g/mol. The predicted octanol–water partition coefficient (Wildman–Crippen LogP) is 4.94. The first-order valence-corrected chi connectivity index (χ1v) is 12.1. The lowest BCUT2D eigenvalue weighted by Crippen LogP contribution is -2.40. The fourth-order valence-electron chi connectivity index (χ4n) is 3.43. The highest BCUT2D eigenvalue weighted by molar-refractivity contribution is 7.91. The Kier molecular flexibility index (Phi) is 5.20. The minimum absolute atomic E-state index is 0.0488. The van der Waals surface area contributed by atoms with Crippen LogP contribution in [0.5, 0.6) is 0 Å². The lowest BCUT2D eigenvalue weighted by atomic mass is 10.2. The smallest absolute Gasteiger partial charge is 0.266 e. The summed E-state index contributed by atoms with van der Waals surface area (Å²) in [6.45, 7) is 2.01. The van der Waals surface area contributed by atoms with Gasteiger partial charge >= 0.3 is 0 Å². The van der Waals surface area contributed by atoms with E-state index in [1.54, 1.807) is 23.1 Å². The molecule has 0 bridgehead atoms. The first-order chi connectivity index (χ1) is 13.2. The lowest BCUT2D eigenvalue weighted by molar-refractivity contribution is 0.0671. The molecule has 1 aliphatic rings. The molecule has 1 fully saturated rings. The van der Waals surface area contributed by atoms with Crippen LogP contribution in [0.2, 0.25) is 10.0 Å². The summed E-state index contributed by atoms with van der Waals surface area (Å²) in [6, 6.07) is 8.51. The van der Waals surface area contributed by atoms with Crippen LogP contribution in [0.15, 0.2) is 34.7 Å². The predicted molar refractivity (Wildman–Crippen MR) is 112 cm³/mol.